The molecule has 0 amide bonds. The molecule has 1 heterocycles. The summed E-state index contributed by atoms with van der Waals surface area (Å²) in [5, 5.41) is 11.9. The van der Waals surface area contributed by atoms with Gasteiger partial charge in [0.25, 0.3) is 0 Å². The van der Waals surface area contributed by atoms with Crippen molar-refractivity contribution >= 4 is 11.3 Å². The van der Waals surface area contributed by atoms with Crippen LogP contribution in [-0.4, -0.2) is 5.11 Å². The van der Waals surface area contributed by atoms with E-state index in [0.717, 1.165) is 4.88 Å². The van der Waals surface area contributed by atoms with E-state index in [1.807, 2.05) is 17.5 Å². The van der Waals surface area contributed by atoms with Crippen molar-refractivity contribution in [3.05, 3.63) is 57.3 Å². The molecule has 0 aliphatic rings. The first-order valence-electron chi connectivity index (χ1n) is 5.74. The van der Waals surface area contributed by atoms with Crippen LogP contribution in [0.4, 0.5) is 8.78 Å². The van der Waals surface area contributed by atoms with Crippen LogP contribution >= 0.6 is 11.3 Å². The van der Waals surface area contributed by atoms with E-state index in [1.165, 1.54) is 12.1 Å². The minimum absolute atomic E-state index is 0.216. The molecule has 0 spiro atoms. The first-order chi connectivity index (χ1) is 8.59. The number of aliphatic hydroxyl groups excluding tert-OH is 1. The van der Waals surface area contributed by atoms with Gasteiger partial charge in [0.1, 0.15) is 11.6 Å². The van der Waals surface area contributed by atoms with E-state index in [4.69, 9.17) is 0 Å². The quantitative estimate of drug-likeness (QED) is 0.888. The van der Waals surface area contributed by atoms with Crippen LogP contribution in [0.25, 0.3) is 0 Å². The van der Waals surface area contributed by atoms with Crippen molar-refractivity contribution in [1.29, 1.82) is 0 Å². The van der Waals surface area contributed by atoms with Crippen LogP contribution in [0.2, 0.25) is 0 Å². The summed E-state index contributed by atoms with van der Waals surface area (Å²) in [7, 11) is 0. The lowest BCUT2D eigenvalue weighted by molar-refractivity contribution is 0.158. The fraction of sp³-hybridized carbons (Fsp3) is 0.286. The van der Waals surface area contributed by atoms with Gasteiger partial charge in [0, 0.05) is 4.88 Å². The molecule has 2 aromatic rings. The number of hydrogen-bond acceptors (Lipinski definition) is 2. The highest BCUT2D eigenvalue weighted by molar-refractivity contribution is 7.09. The van der Waals surface area contributed by atoms with Gasteiger partial charge in [-0.3, -0.25) is 0 Å². The fourth-order valence-electron chi connectivity index (χ4n) is 1.86. The summed E-state index contributed by atoms with van der Waals surface area (Å²) in [4.78, 5) is 1.10. The molecule has 1 N–H and O–H groups in total. The van der Waals surface area contributed by atoms with E-state index in [-0.39, 0.29) is 5.56 Å². The topological polar surface area (TPSA) is 20.2 Å². The largest absolute Gasteiger partial charge is 0.388 e. The molecule has 4 heteroatoms. The van der Waals surface area contributed by atoms with Crippen LogP contribution < -0.4 is 0 Å². The van der Waals surface area contributed by atoms with E-state index >= 15 is 0 Å². The first-order valence-corrected chi connectivity index (χ1v) is 6.62. The maximum atomic E-state index is 13.8. The van der Waals surface area contributed by atoms with Crippen molar-refractivity contribution in [3.8, 4) is 0 Å². The summed E-state index contributed by atoms with van der Waals surface area (Å²) in [6.07, 6.45) is -0.171. The predicted octanol–water partition coefficient (Wildman–Crippen LogP) is 4.00. The van der Waals surface area contributed by atoms with Crippen LogP contribution in [0.5, 0.6) is 0 Å². The number of benzene rings is 1. The molecule has 1 aromatic carbocycles. The Morgan fingerprint density at radius 2 is 2.06 bits per heavy atom. The summed E-state index contributed by atoms with van der Waals surface area (Å²) in [5.41, 5.74) is 0.133. The number of thiophene rings is 1. The van der Waals surface area contributed by atoms with Gasteiger partial charge in [-0.25, -0.2) is 8.78 Å². The Bertz CT molecular complexity index is 523. The Kier molecular flexibility index (Phi) is 4.09. The highest BCUT2D eigenvalue weighted by Crippen LogP contribution is 2.27. The van der Waals surface area contributed by atoms with Gasteiger partial charge in [0.05, 0.1) is 11.7 Å². The average molecular weight is 268 g/mol. The average Bonchev–Trinajstić information content (AvgIpc) is 2.85. The zero-order valence-electron chi connectivity index (χ0n) is 9.99. The molecule has 96 valence electrons. The lowest BCUT2D eigenvalue weighted by atomic mass is 10.0. The second-order valence-corrected chi connectivity index (χ2v) is 5.26. The summed E-state index contributed by atoms with van der Waals surface area (Å²) in [6.45, 7) is 1.56. The van der Waals surface area contributed by atoms with Crippen molar-refractivity contribution in [2.75, 3.05) is 0 Å². The third kappa shape index (κ3) is 2.76. The van der Waals surface area contributed by atoms with Gasteiger partial charge in [-0.1, -0.05) is 12.1 Å². The number of halogens is 2. The molecular formula is C14H14F2OS. The number of aryl methyl sites for hydroxylation is 2. The number of aliphatic hydroxyl groups is 1. The summed E-state index contributed by atoms with van der Waals surface area (Å²) in [6, 6.07) is 6.43. The second kappa shape index (κ2) is 5.59. The van der Waals surface area contributed by atoms with E-state index in [1.54, 1.807) is 18.3 Å². The van der Waals surface area contributed by atoms with Crippen molar-refractivity contribution in [2.24, 2.45) is 0 Å². The van der Waals surface area contributed by atoms with Gasteiger partial charge in [0.15, 0.2) is 0 Å². The van der Waals surface area contributed by atoms with Gasteiger partial charge in [-0.2, -0.15) is 0 Å². The molecule has 18 heavy (non-hydrogen) atoms. The SMILES string of the molecule is Cc1ccc(F)c(C(O)CCc2cccs2)c1F. The van der Waals surface area contributed by atoms with Gasteiger partial charge >= 0.3 is 0 Å². The fourth-order valence-corrected chi connectivity index (χ4v) is 2.59. The summed E-state index contributed by atoms with van der Waals surface area (Å²) < 4.78 is 27.3. The monoisotopic (exact) mass is 268 g/mol. The standard InChI is InChI=1S/C14H14F2OS/c1-9-4-6-11(15)13(14(9)16)12(17)7-5-10-3-2-8-18-10/h2-4,6,8,12,17H,5,7H2,1H3. The van der Waals surface area contributed by atoms with Gasteiger partial charge in [-0.05, 0) is 42.8 Å². The third-order valence-electron chi connectivity index (χ3n) is 2.90. The van der Waals surface area contributed by atoms with Gasteiger partial charge < -0.3 is 5.11 Å². The molecule has 2 rings (SSSR count). The Morgan fingerprint density at radius 3 is 2.72 bits per heavy atom. The van der Waals surface area contributed by atoms with E-state index in [0.29, 0.717) is 18.4 Å². The molecule has 1 aromatic heterocycles. The Labute approximate surface area is 109 Å². The maximum absolute atomic E-state index is 13.8. The van der Waals surface area contributed by atoms with Crippen LogP contribution in [-0.2, 0) is 6.42 Å². The molecular weight excluding hydrogens is 254 g/mol. The predicted molar refractivity (Wildman–Crippen MR) is 68.7 cm³/mol. The molecule has 0 saturated carbocycles. The number of rotatable bonds is 4. The van der Waals surface area contributed by atoms with E-state index in [9.17, 15) is 13.9 Å². The highest BCUT2D eigenvalue weighted by atomic mass is 32.1. The van der Waals surface area contributed by atoms with E-state index in [2.05, 4.69) is 0 Å². The maximum Gasteiger partial charge on any atom is 0.134 e. The Morgan fingerprint density at radius 1 is 1.28 bits per heavy atom. The molecule has 0 saturated heterocycles. The molecule has 0 aliphatic carbocycles. The molecule has 0 radical (unpaired) electrons. The van der Waals surface area contributed by atoms with Crippen molar-refractivity contribution < 1.29 is 13.9 Å². The summed E-state index contributed by atoms with van der Waals surface area (Å²) >= 11 is 1.57. The van der Waals surface area contributed by atoms with Crippen molar-refractivity contribution in [1.82, 2.24) is 0 Å². The number of hydrogen-bond donors (Lipinski definition) is 1. The van der Waals surface area contributed by atoms with Gasteiger partial charge in [0.2, 0.25) is 0 Å². The second-order valence-electron chi connectivity index (χ2n) is 4.23. The van der Waals surface area contributed by atoms with E-state index < -0.39 is 17.7 Å². The smallest absolute Gasteiger partial charge is 0.134 e. The third-order valence-corrected chi connectivity index (χ3v) is 3.83. The van der Waals surface area contributed by atoms with Crippen LogP contribution in [0.3, 0.4) is 0 Å². The van der Waals surface area contributed by atoms with Gasteiger partial charge in [-0.15, -0.1) is 11.3 Å². The lowest BCUT2D eigenvalue weighted by Crippen LogP contribution is -2.06. The Hall–Kier alpha value is -1.26. The zero-order valence-corrected chi connectivity index (χ0v) is 10.8. The highest BCUT2D eigenvalue weighted by Gasteiger charge is 2.19. The molecule has 0 bridgehead atoms. The minimum atomic E-state index is -1.10. The summed E-state index contributed by atoms with van der Waals surface area (Å²) in [5.74, 6) is -1.33. The minimum Gasteiger partial charge on any atom is -0.388 e. The zero-order chi connectivity index (χ0) is 13.1. The van der Waals surface area contributed by atoms with Crippen molar-refractivity contribution in [2.45, 2.75) is 25.9 Å². The van der Waals surface area contributed by atoms with Crippen molar-refractivity contribution in [3.63, 3.8) is 0 Å². The van der Waals surface area contributed by atoms with Crippen LogP contribution in [0, 0.1) is 18.6 Å². The lowest BCUT2D eigenvalue weighted by Gasteiger charge is -2.13. The molecule has 1 atom stereocenters. The first kappa shape index (κ1) is 13.2. The molecule has 1 nitrogen and oxygen atoms in total. The Balaban J connectivity index is 2.13. The van der Waals surface area contributed by atoms with Crippen LogP contribution in [0.15, 0.2) is 29.6 Å². The van der Waals surface area contributed by atoms with Crippen LogP contribution in [0.1, 0.15) is 28.5 Å². The molecule has 0 aliphatic heterocycles. The molecule has 0 fully saturated rings. The molecule has 1 unspecified atom stereocenters. The normalized spacial score (nSPS) is 12.7.